The number of nitrogens with zero attached hydrogens (tertiary/aromatic N) is 3. The molecule has 2 heterocycles. The molecule has 1 aliphatic rings. The van der Waals surface area contributed by atoms with Crippen LogP contribution in [0.5, 0.6) is 0 Å². The average molecular weight is 407 g/mol. The number of carbonyl (C=O) groups excluding carboxylic acids is 1. The zero-order valence-electron chi connectivity index (χ0n) is 17.3. The average Bonchev–Trinajstić information content (AvgIpc) is 3.07. The number of imidazole rings is 1. The predicted octanol–water partition coefficient (Wildman–Crippen LogP) is 3.89. The third-order valence-electron chi connectivity index (χ3n) is 6.00. The molecule has 0 saturated heterocycles. The molecule has 7 nitrogen and oxygen atoms in total. The van der Waals surface area contributed by atoms with Crippen molar-refractivity contribution in [1.82, 2.24) is 9.55 Å². The van der Waals surface area contributed by atoms with E-state index in [9.17, 15) is 14.7 Å². The molecule has 0 bridgehead atoms. The minimum Gasteiger partial charge on any atom is -0.481 e. The number of rotatable bonds is 4. The maximum atomic E-state index is 12.3. The van der Waals surface area contributed by atoms with Gasteiger partial charge in [0.15, 0.2) is 0 Å². The molecular formula is C23H25N3O4. The molecular weight excluding hydrogens is 382 g/mol. The van der Waals surface area contributed by atoms with Gasteiger partial charge in [-0.2, -0.15) is 0 Å². The van der Waals surface area contributed by atoms with Crippen LogP contribution in [-0.2, 0) is 29.4 Å². The zero-order valence-corrected chi connectivity index (χ0v) is 17.3. The van der Waals surface area contributed by atoms with E-state index in [1.54, 1.807) is 4.90 Å². The van der Waals surface area contributed by atoms with Crippen molar-refractivity contribution in [3.8, 4) is 0 Å². The van der Waals surface area contributed by atoms with Crippen LogP contribution in [0.25, 0.3) is 11.0 Å². The van der Waals surface area contributed by atoms with E-state index in [1.807, 2.05) is 61.0 Å². The van der Waals surface area contributed by atoms with Crippen LogP contribution >= 0.6 is 0 Å². The van der Waals surface area contributed by atoms with E-state index in [0.717, 1.165) is 40.7 Å². The number of benzene rings is 2. The highest BCUT2D eigenvalue weighted by molar-refractivity contribution is 5.95. The summed E-state index contributed by atoms with van der Waals surface area (Å²) in [5.41, 5.74) is 4.33. The van der Waals surface area contributed by atoms with E-state index in [4.69, 9.17) is 9.72 Å². The minimum absolute atomic E-state index is 0.0417. The topological polar surface area (TPSA) is 84.7 Å². The molecule has 0 saturated carbocycles. The fraction of sp³-hybridized carbons (Fsp3) is 0.348. The van der Waals surface area contributed by atoms with Crippen LogP contribution in [-0.4, -0.2) is 39.9 Å². The Morgan fingerprint density at radius 2 is 1.97 bits per heavy atom. The highest BCUT2D eigenvalue weighted by atomic mass is 16.5. The summed E-state index contributed by atoms with van der Waals surface area (Å²) in [6.45, 7) is 2.01. The molecule has 7 heteroatoms. The van der Waals surface area contributed by atoms with Crippen LogP contribution in [0.2, 0.25) is 0 Å². The van der Waals surface area contributed by atoms with Crippen molar-refractivity contribution in [2.75, 3.05) is 12.0 Å². The largest absolute Gasteiger partial charge is 0.481 e. The molecule has 1 aliphatic heterocycles. The predicted molar refractivity (Wildman–Crippen MR) is 114 cm³/mol. The van der Waals surface area contributed by atoms with Crippen molar-refractivity contribution in [2.45, 2.75) is 38.1 Å². The van der Waals surface area contributed by atoms with Crippen molar-refractivity contribution in [2.24, 2.45) is 7.05 Å². The number of aliphatic carboxylic acids is 1. The molecule has 1 unspecified atom stereocenters. The molecule has 1 amide bonds. The number of carboxylic acids is 1. The Morgan fingerprint density at radius 3 is 2.63 bits per heavy atom. The van der Waals surface area contributed by atoms with Gasteiger partial charge in [0.05, 0.1) is 29.7 Å². The van der Waals surface area contributed by atoms with Crippen molar-refractivity contribution >= 4 is 28.8 Å². The summed E-state index contributed by atoms with van der Waals surface area (Å²) >= 11 is 0. The monoisotopic (exact) mass is 407 g/mol. The minimum atomic E-state index is -0.874. The Kier molecular flexibility index (Phi) is 5.20. The van der Waals surface area contributed by atoms with E-state index in [0.29, 0.717) is 5.82 Å². The van der Waals surface area contributed by atoms with Gasteiger partial charge in [-0.05, 0) is 37.5 Å². The van der Waals surface area contributed by atoms with Gasteiger partial charge < -0.3 is 14.4 Å². The summed E-state index contributed by atoms with van der Waals surface area (Å²) in [4.78, 5) is 30.8. The summed E-state index contributed by atoms with van der Waals surface area (Å²) in [5.74, 6) is -0.844. The number of hydrogen-bond acceptors (Lipinski definition) is 4. The van der Waals surface area contributed by atoms with Crippen molar-refractivity contribution in [1.29, 1.82) is 0 Å². The summed E-state index contributed by atoms with van der Waals surface area (Å²) in [7, 11) is 3.29. The first-order chi connectivity index (χ1) is 14.4. The fourth-order valence-corrected chi connectivity index (χ4v) is 4.32. The number of carboxylic acid groups (broad SMARTS) is 1. The second kappa shape index (κ2) is 7.82. The van der Waals surface area contributed by atoms with Crippen molar-refractivity contribution < 1.29 is 19.4 Å². The van der Waals surface area contributed by atoms with E-state index in [-0.39, 0.29) is 18.6 Å². The number of aryl methyl sites for hydroxylation is 2. The van der Waals surface area contributed by atoms with Gasteiger partial charge in [0.1, 0.15) is 5.82 Å². The molecule has 0 aliphatic carbocycles. The van der Waals surface area contributed by atoms with Crippen molar-refractivity contribution in [3.05, 3.63) is 59.4 Å². The van der Waals surface area contributed by atoms with Crippen LogP contribution in [0.15, 0.2) is 42.5 Å². The number of ether oxygens (including phenoxy) is 1. The van der Waals surface area contributed by atoms with Crippen LogP contribution in [0, 0.1) is 0 Å². The first-order valence-electron chi connectivity index (χ1n) is 10.0. The second-order valence-corrected chi connectivity index (χ2v) is 7.75. The van der Waals surface area contributed by atoms with Gasteiger partial charge in [-0.3, -0.25) is 9.69 Å². The van der Waals surface area contributed by atoms with Crippen LogP contribution in [0.1, 0.15) is 36.2 Å². The molecule has 0 spiro atoms. The Hall–Kier alpha value is -3.35. The number of amides is 1. The molecule has 4 rings (SSSR count). The van der Waals surface area contributed by atoms with Crippen LogP contribution in [0.4, 0.5) is 10.5 Å². The lowest BCUT2D eigenvalue weighted by atomic mass is 9.95. The summed E-state index contributed by atoms with van der Waals surface area (Å²) in [6, 6.07) is 13.1. The van der Waals surface area contributed by atoms with E-state index in [2.05, 4.69) is 0 Å². The highest BCUT2D eigenvalue weighted by Gasteiger charge is 2.31. The fourth-order valence-electron chi connectivity index (χ4n) is 4.32. The second-order valence-electron chi connectivity index (χ2n) is 7.75. The van der Waals surface area contributed by atoms with Gasteiger partial charge in [-0.25, -0.2) is 9.78 Å². The molecule has 0 radical (unpaired) electrons. The molecule has 30 heavy (non-hydrogen) atoms. The Morgan fingerprint density at radius 1 is 1.23 bits per heavy atom. The summed E-state index contributed by atoms with van der Waals surface area (Å²) < 4.78 is 6.94. The summed E-state index contributed by atoms with van der Waals surface area (Å²) in [6.07, 6.45) is 1.53. The third-order valence-corrected chi connectivity index (χ3v) is 6.00. The van der Waals surface area contributed by atoms with Gasteiger partial charge in [-0.15, -0.1) is 0 Å². The standard InChI is InChI=1S/C23H25N3O4/c1-14-9-10-16-18(26(14)23(29)30-3)11-12-19-21(16)24-20(25(19)2)13-17(22(27)28)15-7-5-4-6-8-15/h4-8,11-12,14,17H,9-10,13H2,1-3H3,(H,27,28)/t14-,17?/m0/s1. The highest BCUT2D eigenvalue weighted by Crippen LogP contribution is 2.36. The normalized spacial score (nSPS) is 16.9. The number of fused-ring (bicyclic) bond motifs is 3. The zero-order chi connectivity index (χ0) is 21.4. The van der Waals surface area contributed by atoms with Gasteiger partial charge in [0.25, 0.3) is 0 Å². The third kappa shape index (κ3) is 3.30. The number of anilines is 1. The first kappa shape index (κ1) is 19.9. The Balaban J connectivity index is 1.78. The van der Waals surface area contributed by atoms with Gasteiger partial charge in [0.2, 0.25) is 0 Å². The quantitative estimate of drug-likeness (QED) is 0.709. The van der Waals surface area contributed by atoms with Gasteiger partial charge in [0, 0.05) is 25.1 Å². The molecule has 1 N–H and O–H groups in total. The van der Waals surface area contributed by atoms with Crippen molar-refractivity contribution in [3.63, 3.8) is 0 Å². The first-order valence-corrected chi connectivity index (χ1v) is 10.0. The van der Waals surface area contributed by atoms with Gasteiger partial charge >= 0.3 is 12.1 Å². The maximum Gasteiger partial charge on any atom is 0.414 e. The lowest BCUT2D eigenvalue weighted by Crippen LogP contribution is -2.42. The molecule has 0 fully saturated rings. The Bertz CT molecular complexity index is 1110. The number of methoxy groups -OCH3 is 1. The Labute approximate surface area is 174 Å². The van der Waals surface area contributed by atoms with Gasteiger partial charge in [-0.1, -0.05) is 30.3 Å². The maximum absolute atomic E-state index is 12.3. The lowest BCUT2D eigenvalue weighted by Gasteiger charge is -2.34. The number of aromatic nitrogens is 2. The smallest absolute Gasteiger partial charge is 0.414 e. The molecule has 2 aromatic carbocycles. The van der Waals surface area contributed by atoms with Crippen LogP contribution in [0.3, 0.4) is 0 Å². The lowest BCUT2D eigenvalue weighted by molar-refractivity contribution is -0.138. The molecule has 156 valence electrons. The molecule has 3 aromatic rings. The molecule has 2 atom stereocenters. The van der Waals surface area contributed by atoms with Crippen LogP contribution < -0.4 is 4.90 Å². The number of hydrogen-bond donors (Lipinski definition) is 1. The molecule has 1 aromatic heterocycles. The summed E-state index contributed by atoms with van der Waals surface area (Å²) in [5, 5.41) is 9.80. The SMILES string of the molecule is COC(=O)N1c2ccc3c(nc(CC(C(=O)O)c4ccccc4)n3C)c2CC[C@@H]1C. The van der Waals surface area contributed by atoms with E-state index < -0.39 is 11.9 Å². The van der Waals surface area contributed by atoms with E-state index in [1.165, 1.54) is 7.11 Å². The number of carbonyl (C=O) groups is 2. The van der Waals surface area contributed by atoms with E-state index >= 15 is 0 Å².